The number of benzene rings is 1. The molecule has 106 valence electrons. The van der Waals surface area contributed by atoms with Crippen LogP contribution in [0.25, 0.3) is 11.3 Å². The van der Waals surface area contributed by atoms with Crippen LogP contribution in [-0.2, 0) is 11.3 Å². The molecule has 1 atom stereocenters. The molecular weight excluding hydrogens is 257 g/mol. The first-order chi connectivity index (χ1) is 9.81. The van der Waals surface area contributed by atoms with Crippen molar-refractivity contribution in [2.75, 3.05) is 13.2 Å². The number of ether oxygens (including phenoxy) is 1. The summed E-state index contributed by atoms with van der Waals surface area (Å²) in [5.74, 6) is 1.40. The summed E-state index contributed by atoms with van der Waals surface area (Å²) in [6.45, 7) is 2.41. The van der Waals surface area contributed by atoms with E-state index in [0.717, 1.165) is 43.1 Å². The zero-order chi connectivity index (χ0) is 13.8. The van der Waals surface area contributed by atoms with Gasteiger partial charge in [0, 0.05) is 18.7 Å². The maximum absolute atomic E-state index is 12.9. The Labute approximate surface area is 117 Å². The van der Waals surface area contributed by atoms with Crippen LogP contribution >= 0.6 is 0 Å². The summed E-state index contributed by atoms with van der Waals surface area (Å²) < 4.78 is 24.2. The molecule has 0 radical (unpaired) electrons. The highest BCUT2D eigenvalue weighted by Gasteiger charge is 2.14. The van der Waals surface area contributed by atoms with Crippen molar-refractivity contribution in [2.45, 2.75) is 25.5 Å². The Hall–Kier alpha value is -1.65. The lowest BCUT2D eigenvalue weighted by Gasteiger charge is -2.09. The van der Waals surface area contributed by atoms with Crippen LogP contribution in [0.2, 0.25) is 0 Å². The molecule has 1 saturated heterocycles. The molecule has 1 aromatic carbocycles. The lowest BCUT2D eigenvalue weighted by atomic mass is 10.2. The van der Waals surface area contributed by atoms with Crippen LogP contribution in [-0.4, -0.2) is 19.3 Å². The van der Waals surface area contributed by atoms with E-state index >= 15 is 0 Å². The largest absolute Gasteiger partial charge is 0.460 e. The molecular formula is C16H18FNO2. The summed E-state index contributed by atoms with van der Waals surface area (Å²) in [5.41, 5.74) is 0.886. The van der Waals surface area contributed by atoms with Gasteiger partial charge in [-0.15, -0.1) is 0 Å². The van der Waals surface area contributed by atoms with Crippen LogP contribution in [0.1, 0.15) is 18.6 Å². The van der Waals surface area contributed by atoms with Crippen molar-refractivity contribution >= 4 is 0 Å². The minimum Gasteiger partial charge on any atom is -0.460 e. The number of furan rings is 1. The predicted octanol–water partition coefficient (Wildman–Crippen LogP) is 3.35. The quantitative estimate of drug-likeness (QED) is 0.908. The molecule has 1 fully saturated rings. The third-order valence-electron chi connectivity index (χ3n) is 3.49. The second-order valence-electron chi connectivity index (χ2n) is 5.04. The Bertz CT molecular complexity index is 544. The normalized spacial score (nSPS) is 18.6. The van der Waals surface area contributed by atoms with Crippen molar-refractivity contribution in [2.24, 2.45) is 0 Å². The van der Waals surface area contributed by atoms with Crippen LogP contribution in [0.5, 0.6) is 0 Å². The van der Waals surface area contributed by atoms with E-state index in [1.807, 2.05) is 12.1 Å². The summed E-state index contributed by atoms with van der Waals surface area (Å²) in [6.07, 6.45) is 2.62. The Morgan fingerprint density at radius 2 is 2.00 bits per heavy atom. The molecule has 2 aromatic rings. The summed E-state index contributed by atoms with van der Waals surface area (Å²) >= 11 is 0. The topological polar surface area (TPSA) is 34.4 Å². The van der Waals surface area contributed by atoms with Crippen LogP contribution in [0.4, 0.5) is 4.39 Å². The van der Waals surface area contributed by atoms with E-state index in [2.05, 4.69) is 5.32 Å². The highest BCUT2D eigenvalue weighted by atomic mass is 19.1. The molecule has 0 bridgehead atoms. The number of rotatable bonds is 5. The van der Waals surface area contributed by atoms with E-state index in [1.165, 1.54) is 12.1 Å². The van der Waals surface area contributed by atoms with E-state index in [-0.39, 0.29) is 5.82 Å². The van der Waals surface area contributed by atoms with Gasteiger partial charge >= 0.3 is 0 Å². The summed E-state index contributed by atoms with van der Waals surface area (Å²) in [7, 11) is 0. The molecule has 1 aliphatic rings. The molecule has 1 N–H and O–H groups in total. The summed E-state index contributed by atoms with van der Waals surface area (Å²) in [4.78, 5) is 0. The fourth-order valence-corrected chi connectivity index (χ4v) is 2.40. The maximum atomic E-state index is 12.9. The number of nitrogens with one attached hydrogen (secondary N) is 1. The molecule has 20 heavy (non-hydrogen) atoms. The number of hydrogen-bond acceptors (Lipinski definition) is 3. The third kappa shape index (κ3) is 3.26. The highest BCUT2D eigenvalue weighted by molar-refractivity contribution is 5.57. The average molecular weight is 275 g/mol. The van der Waals surface area contributed by atoms with Crippen LogP contribution in [0, 0.1) is 5.82 Å². The van der Waals surface area contributed by atoms with Gasteiger partial charge in [0.2, 0.25) is 0 Å². The Morgan fingerprint density at radius 3 is 2.75 bits per heavy atom. The maximum Gasteiger partial charge on any atom is 0.134 e. The van der Waals surface area contributed by atoms with Crippen molar-refractivity contribution in [1.82, 2.24) is 5.32 Å². The van der Waals surface area contributed by atoms with E-state index in [1.54, 1.807) is 12.1 Å². The van der Waals surface area contributed by atoms with Gasteiger partial charge in [0.1, 0.15) is 17.3 Å². The molecule has 1 unspecified atom stereocenters. The Morgan fingerprint density at radius 1 is 1.15 bits per heavy atom. The minimum atomic E-state index is -0.237. The van der Waals surface area contributed by atoms with Crippen molar-refractivity contribution in [3.8, 4) is 11.3 Å². The standard InChI is InChI=1S/C16H18FNO2/c17-13-5-3-12(4-6-13)16-8-7-15(20-16)11-18-10-14-2-1-9-19-14/h3-8,14,18H,1-2,9-11H2. The van der Waals surface area contributed by atoms with Crippen LogP contribution in [0.15, 0.2) is 40.8 Å². The van der Waals surface area contributed by atoms with Crippen LogP contribution < -0.4 is 5.32 Å². The van der Waals surface area contributed by atoms with Gasteiger partial charge in [0.05, 0.1) is 12.6 Å². The van der Waals surface area contributed by atoms with Crippen molar-refractivity contribution < 1.29 is 13.5 Å². The molecule has 4 heteroatoms. The molecule has 2 heterocycles. The van der Waals surface area contributed by atoms with Gasteiger partial charge < -0.3 is 14.5 Å². The van der Waals surface area contributed by atoms with E-state index in [4.69, 9.17) is 9.15 Å². The molecule has 0 amide bonds. The van der Waals surface area contributed by atoms with Crippen molar-refractivity contribution in [1.29, 1.82) is 0 Å². The fraction of sp³-hybridized carbons (Fsp3) is 0.375. The predicted molar refractivity (Wildman–Crippen MR) is 74.8 cm³/mol. The Kier molecular flexibility index (Phi) is 4.14. The second-order valence-corrected chi connectivity index (χ2v) is 5.04. The van der Waals surface area contributed by atoms with Gasteiger partial charge in [-0.2, -0.15) is 0 Å². The molecule has 1 aliphatic heterocycles. The molecule has 3 nitrogen and oxygen atoms in total. The summed E-state index contributed by atoms with van der Waals surface area (Å²) in [6, 6.07) is 10.2. The smallest absolute Gasteiger partial charge is 0.134 e. The SMILES string of the molecule is Fc1ccc(-c2ccc(CNCC3CCCO3)o2)cc1. The first-order valence-electron chi connectivity index (χ1n) is 6.98. The van der Waals surface area contributed by atoms with Gasteiger partial charge in [0.25, 0.3) is 0 Å². The van der Waals surface area contributed by atoms with Crippen LogP contribution in [0.3, 0.4) is 0 Å². The zero-order valence-corrected chi connectivity index (χ0v) is 11.3. The summed E-state index contributed by atoms with van der Waals surface area (Å²) in [5, 5.41) is 3.34. The molecule has 1 aromatic heterocycles. The average Bonchev–Trinajstić information content (AvgIpc) is 3.11. The van der Waals surface area contributed by atoms with E-state index < -0.39 is 0 Å². The first-order valence-corrected chi connectivity index (χ1v) is 6.98. The lowest BCUT2D eigenvalue weighted by molar-refractivity contribution is 0.109. The van der Waals surface area contributed by atoms with Gasteiger partial charge in [-0.25, -0.2) is 4.39 Å². The highest BCUT2D eigenvalue weighted by Crippen LogP contribution is 2.22. The number of hydrogen-bond donors (Lipinski definition) is 1. The van der Waals surface area contributed by atoms with Gasteiger partial charge in [-0.3, -0.25) is 0 Å². The fourth-order valence-electron chi connectivity index (χ4n) is 2.40. The second kappa shape index (κ2) is 6.20. The van der Waals surface area contributed by atoms with Gasteiger partial charge in [0.15, 0.2) is 0 Å². The first kappa shape index (κ1) is 13.3. The molecule has 0 aliphatic carbocycles. The molecule has 0 spiro atoms. The lowest BCUT2D eigenvalue weighted by Crippen LogP contribution is -2.25. The Balaban J connectivity index is 1.55. The van der Waals surface area contributed by atoms with Crippen molar-refractivity contribution in [3.63, 3.8) is 0 Å². The van der Waals surface area contributed by atoms with Gasteiger partial charge in [-0.05, 0) is 49.2 Å². The number of halogens is 1. The third-order valence-corrected chi connectivity index (χ3v) is 3.49. The molecule has 3 rings (SSSR count). The monoisotopic (exact) mass is 275 g/mol. The van der Waals surface area contributed by atoms with Crippen molar-refractivity contribution in [3.05, 3.63) is 48.0 Å². The molecule has 0 saturated carbocycles. The zero-order valence-electron chi connectivity index (χ0n) is 11.3. The van der Waals surface area contributed by atoms with E-state index in [0.29, 0.717) is 12.6 Å². The van der Waals surface area contributed by atoms with E-state index in [9.17, 15) is 4.39 Å². The minimum absolute atomic E-state index is 0.237. The van der Waals surface area contributed by atoms with Gasteiger partial charge in [-0.1, -0.05) is 0 Å².